The van der Waals surface area contributed by atoms with E-state index >= 15 is 0 Å². The van der Waals surface area contributed by atoms with Crippen molar-refractivity contribution < 1.29 is 9.53 Å². The van der Waals surface area contributed by atoms with E-state index in [2.05, 4.69) is 4.98 Å². The zero-order valence-electron chi connectivity index (χ0n) is 13.8. The summed E-state index contributed by atoms with van der Waals surface area (Å²) in [6.45, 7) is 1.93. The molecule has 4 nitrogen and oxygen atoms in total. The molecule has 130 valence electrons. The van der Waals surface area contributed by atoms with Gasteiger partial charge in [0.1, 0.15) is 5.69 Å². The lowest BCUT2D eigenvalue weighted by atomic mass is 10.2. The fraction of sp³-hybridized carbons (Fsp3) is 0.158. The topological polar surface area (TPSA) is 65.2 Å². The maximum Gasteiger partial charge on any atom is 0.312 e. The lowest BCUT2D eigenvalue weighted by Gasteiger charge is -2.05. The first-order valence-electron chi connectivity index (χ1n) is 7.81. The molecule has 0 aliphatic heterocycles. The summed E-state index contributed by atoms with van der Waals surface area (Å²) in [5.74, 6) is -0.241. The van der Waals surface area contributed by atoms with Gasteiger partial charge in [-0.3, -0.25) is 4.79 Å². The Morgan fingerprint density at radius 3 is 2.44 bits per heavy atom. The predicted octanol–water partition coefficient (Wildman–Crippen LogP) is 5.44. The summed E-state index contributed by atoms with van der Waals surface area (Å²) in [5, 5.41) is 1.10. The van der Waals surface area contributed by atoms with Crippen molar-refractivity contribution >= 4 is 34.6 Å². The van der Waals surface area contributed by atoms with Gasteiger partial charge in [0.05, 0.1) is 10.5 Å². The summed E-state index contributed by atoms with van der Waals surface area (Å²) in [6.07, 6.45) is 1.17. The number of thiazole rings is 1. The van der Waals surface area contributed by atoms with Gasteiger partial charge in [0.25, 0.3) is 0 Å². The number of ether oxygens (including phenoxy) is 1. The highest BCUT2D eigenvalue weighted by Gasteiger charge is 2.15. The third-order valence-electron chi connectivity index (χ3n) is 3.12. The average molecular weight is 375 g/mol. The van der Waals surface area contributed by atoms with Gasteiger partial charge in [0.15, 0.2) is 0 Å². The Labute approximate surface area is 156 Å². The second-order valence-corrected chi connectivity index (χ2v) is 6.33. The van der Waals surface area contributed by atoms with E-state index in [0.717, 1.165) is 17.7 Å². The van der Waals surface area contributed by atoms with Crippen LogP contribution in [-0.2, 0) is 4.79 Å². The van der Waals surface area contributed by atoms with Crippen LogP contribution >= 0.6 is 22.9 Å². The summed E-state index contributed by atoms with van der Waals surface area (Å²) >= 11 is 7.40. The van der Waals surface area contributed by atoms with E-state index in [1.54, 1.807) is 11.6 Å². The first-order chi connectivity index (χ1) is 12.1. The van der Waals surface area contributed by atoms with Crippen molar-refractivity contribution in [1.29, 1.82) is 0 Å². The number of para-hydroxylation sites is 1. The molecule has 3 aromatic rings. The van der Waals surface area contributed by atoms with Crippen LogP contribution in [0.2, 0.25) is 5.02 Å². The zero-order chi connectivity index (χ0) is 18.1. The number of rotatable bonds is 4. The molecule has 0 fully saturated rings. The van der Waals surface area contributed by atoms with E-state index in [4.69, 9.17) is 22.1 Å². The van der Waals surface area contributed by atoms with Crippen molar-refractivity contribution in [1.82, 2.24) is 4.98 Å². The molecule has 2 aromatic carbocycles. The largest absolute Gasteiger partial charge is 0.413 e. The number of benzene rings is 2. The minimum Gasteiger partial charge on any atom is -0.413 e. The second-order valence-electron chi connectivity index (χ2n) is 5.10. The van der Waals surface area contributed by atoms with Gasteiger partial charge in [-0.05, 0) is 24.6 Å². The number of nitrogens with zero attached hydrogens (tertiary/aromatic N) is 1. The molecule has 0 aliphatic carbocycles. The molecule has 0 bridgehead atoms. The molecule has 0 aliphatic rings. The third-order valence-corrected chi connectivity index (χ3v) is 4.16. The number of carbonyl (C=O) groups is 1. The van der Waals surface area contributed by atoms with Crippen molar-refractivity contribution in [2.75, 3.05) is 5.73 Å². The number of halogens is 1. The molecule has 3 rings (SSSR count). The summed E-state index contributed by atoms with van der Waals surface area (Å²) in [4.78, 5) is 15.7. The Hall–Kier alpha value is -2.37. The first kappa shape index (κ1) is 19.0. The third kappa shape index (κ3) is 5.89. The normalized spacial score (nSPS) is 9.84. The number of anilines is 1. The molecule has 0 amide bonds. The smallest absolute Gasteiger partial charge is 0.312 e. The van der Waals surface area contributed by atoms with Crippen molar-refractivity contribution in [3.63, 3.8) is 0 Å². The summed E-state index contributed by atoms with van der Waals surface area (Å²) in [6, 6.07) is 16.8. The first-order valence-corrected chi connectivity index (χ1v) is 9.07. The molecule has 1 aromatic heterocycles. The van der Waals surface area contributed by atoms with Crippen LogP contribution in [0.1, 0.15) is 19.8 Å². The predicted molar refractivity (Wildman–Crippen MR) is 104 cm³/mol. The Balaban J connectivity index is 0.000000269. The van der Waals surface area contributed by atoms with E-state index in [0.29, 0.717) is 22.2 Å². The van der Waals surface area contributed by atoms with Crippen LogP contribution in [0.4, 0.5) is 5.69 Å². The van der Waals surface area contributed by atoms with Crippen LogP contribution in [0.15, 0.2) is 60.1 Å². The minimum absolute atomic E-state index is 0.241. The molecule has 0 radical (unpaired) electrons. The van der Waals surface area contributed by atoms with Crippen LogP contribution < -0.4 is 10.5 Å². The van der Waals surface area contributed by atoms with Gasteiger partial charge in [-0.15, -0.1) is 0 Å². The number of nitrogen functional groups attached to an aromatic ring is 1. The molecule has 1 heterocycles. The Morgan fingerprint density at radius 2 is 1.84 bits per heavy atom. The highest BCUT2D eigenvalue weighted by atomic mass is 35.5. The van der Waals surface area contributed by atoms with Gasteiger partial charge in [0, 0.05) is 17.7 Å². The van der Waals surface area contributed by atoms with E-state index in [1.165, 1.54) is 11.3 Å². The van der Waals surface area contributed by atoms with Crippen LogP contribution in [0.5, 0.6) is 5.06 Å². The SMILES string of the molecule is CCCC(=O)Oc1scnc1-c1ccccc1Cl.Nc1ccccc1. The maximum absolute atomic E-state index is 11.5. The Kier molecular flexibility index (Phi) is 7.44. The van der Waals surface area contributed by atoms with Gasteiger partial charge in [-0.25, -0.2) is 4.98 Å². The van der Waals surface area contributed by atoms with Gasteiger partial charge in [-0.2, -0.15) is 0 Å². The number of carbonyl (C=O) groups excluding carboxylic acids is 1. The minimum atomic E-state index is -0.241. The summed E-state index contributed by atoms with van der Waals surface area (Å²) in [5.41, 5.74) is 9.22. The molecule has 0 spiro atoms. The quantitative estimate of drug-likeness (QED) is 0.488. The van der Waals surface area contributed by atoms with Crippen LogP contribution in [0.3, 0.4) is 0 Å². The van der Waals surface area contributed by atoms with Gasteiger partial charge in [0.2, 0.25) is 5.06 Å². The molecule has 2 N–H and O–H groups in total. The molecule has 0 atom stereocenters. The Bertz CT molecular complexity index is 806. The lowest BCUT2D eigenvalue weighted by Crippen LogP contribution is -2.06. The molecule has 6 heteroatoms. The zero-order valence-corrected chi connectivity index (χ0v) is 15.4. The van der Waals surface area contributed by atoms with Crippen LogP contribution in [-0.4, -0.2) is 11.0 Å². The van der Waals surface area contributed by atoms with Crippen molar-refractivity contribution in [3.8, 4) is 16.3 Å². The van der Waals surface area contributed by atoms with Crippen LogP contribution in [0.25, 0.3) is 11.3 Å². The second kappa shape index (κ2) is 9.81. The van der Waals surface area contributed by atoms with E-state index in [1.807, 2.05) is 55.5 Å². The van der Waals surface area contributed by atoms with Crippen molar-refractivity contribution in [2.45, 2.75) is 19.8 Å². The monoisotopic (exact) mass is 374 g/mol. The van der Waals surface area contributed by atoms with Crippen molar-refractivity contribution in [2.24, 2.45) is 0 Å². The Morgan fingerprint density at radius 1 is 1.16 bits per heavy atom. The number of aromatic nitrogens is 1. The van der Waals surface area contributed by atoms with Gasteiger partial charge < -0.3 is 10.5 Å². The van der Waals surface area contributed by atoms with Crippen LogP contribution in [0, 0.1) is 0 Å². The number of esters is 1. The fourth-order valence-electron chi connectivity index (χ4n) is 1.95. The lowest BCUT2D eigenvalue weighted by molar-refractivity contribution is -0.134. The number of hydrogen-bond acceptors (Lipinski definition) is 5. The number of nitrogens with two attached hydrogens (primary N) is 1. The molecular formula is C19H19ClN2O2S. The molecule has 0 saturated heterocycles. The summed E-state index contributed by atoms with van der Waals surface area (Å²) < 4.78 is 5.29. The van der Waals surface area contributed by atoms with Gasteiger partial charge in [-0.1, -0.05) is 66.3 Å². The molecular weight excluding hydrogens is 356 g/mol. The average Bonchev–Trinajstić information content (AvgIpc) is 3.04. The maximum atomic E-state index is 11.5. The van der Waals surface area contributed by atoms with E-state index in [9.17, 15) is 4.79 Å². The highest BCUT2D eigenvalue weighted by Crippen LogP contribution is 2.36. The van der Waals surface area contributed by atoms with Gasteiger partial charge >= 0.3 is 5.97 Å². The van der Waals surface area contributed by atoms with E-state index < -0.39 is 0 Å². The molecule has 25 heavy (non-hydrogen) atoms. The molecule has 0 unspecified atom stereocenters. The number of hydrogen-bond donors (Lipinski definition) is 1. The highest BCUT2D eigenvalue weighted by molar-refractivity contribution is 7.12. The summed E-state index contributed by atoms with van der Waals surface area (Å²) in [7, 11) is 0. The van der Waals surface area contributed by atoms with Crippen molar-refractivity contribution in [3.05, 3.63) is 65.1 Å². The van der Waals surface area contributed by atoms with E-state index in [-0.39, 0.29) is 5.97 Å². The molecule has 0 saturated carbocycles. The fourth-order valence-corrected chi connectivity index (χ4v) is 2.85. The standard InChI is InChI=1S/C13H12ClNO2S.C6H7N/c1-2-5-11(16)17-13-12(15-8-18-13)9-6-3-4-7-10(9)14;7-6-4-2-1-3-5-6/h3-4,6-8H,2,5H2,1H3;1-5H,7H2.